The summed E-state index contributed by atoms with van der Waals surface area (Å²) >= 11 is 0. The van der Waals surface area contributed by atoms with E-state index < -0.39 is 15.6 Å². The number of ether oxygens (including phenoxy) is 2. The molecule has 2 heterocycles. The average Bonchev–Trinajstić information content (AvgIpc) is 3.02. The number of fused-ring (bicyclic) bond motifs is 2. The molecular formula is C19H24N2O5S. The molecule has 1 amide bonds. The first kappa shape index (κ1) is 17.3. The average molecular weight is 392 g/mol. The van der Waals surface area contributed by atoms with Gasteiger partial charge in [-0.3, -0.25) is 4.79 Å². The quantitative estimate of drug-likeness (QED) is 0.843. The Balaban J connectivity index is 1.43. The van der Waals surface area contributed by atoms with Gasteiger partial charge in [0.1, 0.15) is 18.8 Å². The smallest absolute Gasteiger partial charge is 0.244 e. The molecule has 0 unspecified atom stereocenters. The Bertz CT molecular complexity index is 880. The number of amides is 1. The highest BCUT2D eigenvalue weighted by Gasteiger charge is 2.70. The molecule has 0 bridgehead atoms. The van der Waals surface area contributed by atoms with Crippen molar-refractivity contribution in [1.82, 2.24) is 9.62 Å². The van der Waals surface area contributed by atoms with Crippen molar-refractivity contribution in [2.24, 2.45) is 5.92 Å². The standard InChI is InChI=1S/C19H24N2O5S/c22-18(20-14-3-1-2-4-14)19-12-13(19)7-8-21(19)27(23,24)15-5-6-16-17(11-15)26-10-9-25-16/h5-6,11,13-14H,1-4,7-10,12H2,(H,20,22)/t13-,19-/m1/s1. The molecule has 27 heavy (non-hydrogen) atoms. The van der Waals surface area contributed by atoms with E-state index in [1.165, 1.54) is 10.4 Å². The number of benzene rings is 1. The molecule has 0 spiro atoms. The summed E-state index contributed by atoms with van der Waals surface area (Å²) < 4.78 is 39.2. The van der Waals surface area contributed by atoms with Crippen molar-refractivity contribution in [2.45, 2.75) is 55.0 Å². The highest BCUT2D eigenvalue weighted by atomic mass is 32.2. The van der Waals surface area contributed by atoms with Crippen molar-refractivity contribution in [2.75, 3.05) is 19.8 Å². The number of piperidine rings is 1. The molecule has 1 aromatic carbocycles. The molecule has 2 aliphatic heterocycles. The summed E-state index contributed by atoms with van der Waals surface area (Å²) in [4.78, 5) is 13.2. The van der Waals surface area contributed by atoms with Crippen LogP contribution in [0, 0.1) is 5.92 Å². The lowest BCUT2D eigenvalue weighted by molar-refractivity contribution is -0.126. The Kier molecular flexibility index (Phi) is 3.91. The number of hydrogen-bond donors (Lipinski definition) is 1. The zero-order valence-electron chi connectivity index (χ0n) is 15.1. The van der Waals surface area contributed by atoms with Crippen molar-refractivity contribution in [3.63, 3.8) is 0 Å². The second kappa shape index (κ2) is 6.10. The van der Waals surface area contributed by atoms with Gasteiger partial charge in [0.25, 0.3) is 0 Å². The molecule has 1 saturated heterocycles. The van der Waals surface area contributed by atoms with Crippen LogP contribution < -0.4 is 14.8 Å². The predicted octanol–water partition coefficient (Wildman–Crippen LogP) is 1.67. The number of hydrogen-bond acceptors (Lipinski definition) is 5. The Morgan fingerprint density at radius 3 is 2.59 bits per heavy atom. The molecule has 1 N–H and O–H groups in total. The van der Waals surface area contributed by atoms with Crippen LogP contribution >= 0.6 is 0 Å². The summed E-state index contributed by atoms with van der Waals surface area (Å²) in [5, 5.41) is 3.12. The minimum atomic E-state index is -3.78. The van der Waals surface area contributed by atoms with Gasteiger partial charge in [-0.05, 0) is 43.7 Å². The van der Waals surface area contributed by atoms with Crippen LogP contribution in [0.1, 0.15) is 38.5 Å². The number of carbonyl (C=O) groups is 1. The van der Waals surface area contributed by atoms with E-state index in [0.717, 1.165) is 32.1 Å². The van der Waals surface area contributed by atoms with Gasteiger partial charge in [-0.1, -0.05) is 12.8 Å². The Labute approximate surface area is 159 Å². The fourth-order valence-corrected chi connectivity index (χ4v) is 6.69. The molecule has 3 fully saturated rings. The lowest BCUT2D eigenvalue weighted by Gasteiger charge is -2.28. The topological polar surface area (TPSA) is 84.9 Å². The zero-order chi connectivity index (χ0) is 18.6. The van der Waals surface area contributed by atoms with Crippen LogP contribution in [-0.2, 0) is 14.8 Å². The van der Waals surface area contributed by atoms with Gasteiger partial charge in [-0.25, -0.2) is 8.42 Å². The van der Waals surface area contributed by atoms with Crippen molar-refractivity contribution in [1.29, 1.82) is 0 Å². The van der Waals surface area contributed by atoms with Gasteiger partial charge in [-0.2, -0.15) is 4.31 Å². The molecule has 146 valence electrons. The van der Waals surface area contributed by atoms with E-state index in [-0.39, 0.29) is 22.8 Å². The summed E-state index contributed by atoms with van der Waals surface area (Å²) in [5.41, 5.74) is -0.894. The van der Waals surface area contributed by atoms with E-state index in [1.54, 1.807) is 12.1 Å². The zero-order valence-corrected chi connectivity index (χ0v) is 16.0. The summed E-state index contributed by atoms with van der Waals surface area (Å²) in [6.45, 7) is 1.24. The molecule has 1 aromatic rings. The van der Waals surface area contributed by atoms with Crippen molar-refractivity contribution in [3.05, 3.63) is 18.2 Å². The van der Waals surface area contributed by atoms with Gasteiger partial charge in [0.2, 0.25) is 15.9 Å². The molecular weight excluding hydrogens is 368 g/mol. The summed E-state index contributed by atoms with van der Waals surface area (Å²) in [6, 6.07) is 4.88. The third-order valence-electron chi connectivity index (χ3n) is 6.38. The summed E-state index contributed by atoms with van der Waals surface area (Å²) in [6.07, 6.45) is 5.58. The Hall–Kier alpha value is -1.80. The molecule has 8 heteroatoms. The normalized spacial score (nSPS) is 30.1. The van der Waals surface area contributed by atoms with E-state index in [2.05, 4.69) is 5.32 Å². The van der Waals surface area contributed by atoms with E-state index in [4.69, 9.17) is 9.47 Å². The second-order valence-electron chi connectivity index (χ2n) is 7.95. The highest BCUT2D eigenvalue weighted by molar-refractivity contribution is 7.89. The Morgan fingerprint density at radius 2 is 1.85 bits per heavy atom. The van der Waals surface area contributed by atoms with Crippen LogP contribution in [0.15, 0.2) is 23.1 Å². The Morgan fingerprint density at radius 1 is 1.11 bits per heavy atom. The molecule has 5 rings (SSSR count). The third kappa shape index (κ3) is 2.64. The van der Waals surface area contributed by atoms with E-state index in [1.807, 2.05) is 0 Å². The summed E-state index contributed by atoms with van der Waals surface area (Å²) in [5.74, 6) is 1.02. The fourth-order valence-electron chi connectivity index (χ4n) is 4.85. The van der Waals surface area contributed by atoms with E-state index in [9.17, 15) is 13.2 Å². The molecule has 0 radical (unpaired) electrons. The third-order valence-corrected chi connectivity index (χ3v) is 8.32. The maximum atomic E-state index is 13.4. The van der Waals surface area contributed by atoms with E-state index in [0.29, 0.717) is 37.7 Å². The first-order valence-electron chi connectivity index (χ1n) is 9.75. The highest BCUT2D eigenvalue weighted by Crippen LogP contribution is 2.57. The van der Waals surface area contributed by atoms with Gasteiger partial charge in [-0.15, -0.1) is 0 Å². The minimum Gasteiger partial charge on any atom is -0.486 e. The molecule has 7 nitrogen and oxygen atoms in total. The number of carbonyl (C=O) groups excluding carboxylic acids is 1. The maximum Gasteiger partial charge on any atom is 0.244 e. The van der Waals surface area contributed by atoms with E-state index >= 15 is 0 Å². The van der Waals surface area contributed by atoms with Gasteiger partial charge in [0, 0.05) is 18.7 Å². The number of sulfonamides is 1. The van der Waals surface area contributed by atoms with Gasteiger partial charge < -0.3 is 14.8 Å². The van der Waals surface area contributed by atoms with Gasteiger partial charge >= 0.3 is 0 Å². The number of nitrogens with zero attached hydrogens (tertiary/aromatic N) is 1. The van der Waals surface area contributed by atoms with Crippen LogP contribution in [0.4, 0.5) is 0 Å². The largest absolute Gasteiger partial charge is 0.486 e. The molecule has 4 aliphatic rings. The van der Waals surface area contributed by atoms with Gasteiger partial charge in [0.05, 0.1) is 4.90 Å². The lowest BCUT2D eigenvalue weighted by atomic mass is 10.2. The van der Waals surface area contributed by atoms with Crippen LogP contribution in [0.25, 0.3) is 0 Å². The summed E-state index contributed by atoms with van der Waals surface area (Å²) in [7, 11) is -3.78. The fraction of sp³-hybridized carbons (Fsp3) is 0.632. The first-order chi connectivity index (χ1) is 13.0. The maximum absolute atomic E-state index is 13.4. The van der Waals surface area contributed by atoms with Crippen LogP contribution in [0.3, 0.4) is 0 Å². The number of nitrogens with one attached hydrogen (secondary N) is 1. The first-order valence-corrected chi connectivity index (χ1v) is 11.2. The van der Waals surface area contributed by atoms with Crippen LogP contribution in [0.2, 0.25) is 0 Å². The monoisotopic (exact) mass is 392 g/mol. The SMILES string of the molecule is O=C(NC1CCCC1)[C@@]12C[C@H]1CCN2S(=O)(=O)c1ccc2c(c1)OCCO2. The van der Waals surface area contributed by atoms with Crippen molar-refractivity contribution >= 4 is 15.9 Å². The number of rotatable bonds is 4. The minimum absolute atomic E-state index is 0.113. The molecule has 2 atom stereocenters. The van der Waals surface area contributed by atoms with Crippen LogP contribution in [-0.4, -0.2) is 50.0 Å². The van der Waals surface area contributed by atoms with Crippen molar-refractivity contribution < 1.29 is 22.7 Å². The van der Waals surface area contributed by atoms with Crippen LogP contribution in [0.5, 0.6) is 11.5 Å². The second-order valence-corrected chi connectivity index (χ2v) is 9.81. The molecule has 0 aromatic heterocycles. The predicted molar refractivity (Wildman–Crippen MR) is 97.2 cm³/mol. The van der Waals surface area contributed by atoms with Gasteiger partial charge in [0.15, 0.2) is 11.5 Å². The lowest BCUT2D eigenvalue weighted by Crippen LogP contribution is -2.52. The van der Waals surface area contributed by atoms with Crippen molar-refractivity contribution in [3.8, 4) is 11.5 Å². The molecule has 2 aliphatic carbocycles. The molecule has 2 saturated carbocycles.